The van der Waals surface area contributed by atoms with Crippen LogP contribution in [0.1, 0.15) is 57.9 Å². The molecule has 0 aromatic heterocycles. The van der Waals surface area contributed by atoms with Gasteiger partial charge in [-0.25, -0.2) is 0 Å². The molecule has 1 unspecified atom stereocenters. The first-order valence-electron chi connectivity index (χ1n) is 20.3. The SMILES string of the molecule is CCc1ccc(Cc2ccccc2C(F)(F)[C@@H]2O[C@@]3(CC3OCc3ccccc3)[C@@H](OCc3ccccc3)[C@H](OCc3ccccc3)[C@H]2OCc2ccccc2)cc1. The lowest BCUT2D eigenvalue weighted by Gasteiger charge is -2.49. The number of alkyl halides is 2. The summed E-state index contributed by atoms with van der Waals surface area (Å²) >= 11 is 0. The standard InChI is InChI=1S/C51H50F2O5/c1-2-37-27-29-38(30-28-37)31-43-25-15-16-26-44(43)51(52,53)49-47(56-35-41-21-11-5-12-22-41)46(55-34-40-19-9-4-10-20-40)48(57-36-42-23-13-6-14-24-42)50(58-49)32-45(50)54-33-39-17-7-3-8-18-39/h3-30,45-49H,2,31-36H2,1H3/t45?,46-,47-,48+,49-,50-/m1/s1. The second-order valence-corrected chi connectivity index (χ2v) is 15.3. The first-order valence-corrected chi connectivity index (χ1v) is 20.3. The molecule has 6 aromatic carbocycles. The molecule has 5 nitrogen and oxygen atoms in total. The number of ether oxygens (including phenoxy) is 5. The number of halogens is 2. The van der Waals surface area contributed by atoms with Gasteiger partial charge in [-0.3, -0.25) is 0 Å². The van der Waals surface area contributed by atoms with Gasteiger partial charge in [0, 0.05) is 12.0 Å². The second kappa shape index (κ2) is 18.3. The van der Waals surface area contributed by atoms with E-state index in [1.54, 1.807) is 12.1 Å². The molecule has 1 saturated carbocycles. The summed E-state index contributed by atoms with van der Waals surface area (Å²) in [6.45, 7) is 2.86. The summed E-state index contributed by atoms with van der Waals surface area (Å²) in [6.07, 6.45) is -3.69. The van der Waals surface area contributed by atoms with Crippen LogP contribution >= 0.6 is 0 Å². The van der Waals surface area contributed by atoms with E-state index in [9.17, 15) is 0 Å². The normalized spacial score (nSPS) is 22.8. The number of benzene rings is 6. The minimum atomic E-state index is -3.51. The lowest BCUT2D eigenvalue weighted by Crippen LogP contribution is -2.66. The zero-order chi connectivity index (χ0) is 39.8. The zero-order valence-electron chi connectivity index (χ0n) is 32.8. The fraction of sp³-hybridized carbons (Fsp3) is 0.294. The van der Waals surface area contributed by atoms with Crippen LogP contribution in [0.3, 0.4) is 0 Å². The summed E-state index contributed by atoms with van der Waals surface area (Å²) in [7, 11) is 0. The molecule has 1 heterocycles. The van der Waals surface area contributed by atoms with Crippen LogP contribution in [0.15, 0.2) is 170 Å². The highest BCUT2D eigenvalue weighted by atomic mass is 19.3. The number of hydrogen-bond acceptors (Lipinski definition) is 5. The number of hydrogen-bond donors (Lipinski definition) is 0. The topological polar surface area (TPSA) is 46.2 Å². The number of aryl methyl sites for hydroxylation is 1. The summed E-state index contributed by atoms with van der Waals surface area (Å²) < 4.78 is 69.9. The van der Waals surface area contributed by atoms with Crippen LogP contribution in [-0.4, -0.2) is 36.1 Å². The Kier molecular flexibility index (Phi) is 12.5. The molecule has 1 spiro atoms. The van der Waals surface area contributed by atoms with E-state index >= 15 is 8.78 Å². The van der Waals surface area contributed by atoms with Crippen molar-refractivity contribution in [3.05, 3.63) is 214 Å². The molecule has 0 N–H and O–H groups in total. The Morgan fingerprint density at radius 1 is 0.517 bits per heavy atom. The first-order chi connectivity index (χ1) is 28.4. The highest BCUT2D eigenvalue weighted by Gasteiger charge is 2.73. The second-order valence-electron chi connectivity index (χ2n) is 15.3. The molecule has 1 saturated heterocycles. The van der Waals surface area contributed by atoms with E-state index in [2.05, 4.69) is 19.1 Å². The molecule has 0 radical (unpaired) electrons. The van der Waals surface area contributed by atoms with Crippen molar-refractivity contribution in [2.24, 2.45) is 0 Å². The molecule has 1 aliphatic heterocycles. The smallest absolute Gasteiger partial charge is 0.301 e. The third-order valence-electron chi connectivity index (χ3n) is 11.3. The molecule has 0 bridgehead atoms. The van der Waals surface area contributed by atoms with E-state index in [4.69, 9.17) is 23.7 Å². The summed E-state index contributed by atoms with van der Waals surface area (Å²) in [5.74, 6) is -3.51. The summed E-state index contributed by atoms with van der Waals surface area (Å²) in [4.78, 5) is 0. The lowest BCUT2D eigenvalue weighted by atomic mass is 9.85. The molecule has 58 heavy (non-hydrogen) atoms. The van der Waals surface area contributed by atoms with Crippen molar-refractivity contribution in [3.8, 4) is 0 Å². The van der Waals surface area contributed by atoms with Gasteiger partial charge in [0.2, 0.25) is 0 Å². The minimum absolute atomic E-state index is 0.0738. The van der Waals surface area contributed by atoms with Gasteiger partial charge in [0.15, 0.2) is 6.10 Å². The maximum absolute atomic E-state index is 18.0. The van der Waals surface area contributed by atoms with Gasteiger partial charge in [0.05, 0.1) is 32.5 Å². The maximum Gasteiger partial charge on any atom is 0.301 e. The third-order valence-corrected chi connectivity index (χ3v) is 11.3. The van der Waals surface area contributed by atoms with E-state index < -0.39 is 42.0 Å². The van der Waals surface area contributed by atoms with Crippen LogP contribution in [0.5, 0.6) is 0 Å². The molecule has 6 atom stereocenters. The molecule has 298 valence electrons. The molecular formula is C51H50F2O5. The summed E-state index contributed by atoms with van der Waals surface area (Å²) in [5, 5.41) is 0. The van der Waals surface area contributed by atoms with Gasteiger partial charge in [-0.2, -0.15) is 8.78 Å². The molecule has 0 amide bonds. The van der Waals surface area contributed by atoms with E-state index in [0.717, 1.165) is 34.2 Å². The van der Waals surface area contributed by atoms with Gasteiger partial charge in [0.25, 0.3) is 0 Å². The minimum Gasteiger partial charge on any atom is -0.370 e. The van der Waals surface area contributed by atoms with Crippen LogP contribution in [0.4, 0.5) is 8.78 Å². The van der Waals surface area contributed by atoms with Gasteiger partial charge in [-0.15, -0.1) is 0 Å². The molecule has 6 aromatic rings. The third kappa shape index (κ3) is 9.15. The van der Waals surface area contributed by atoms with Crippen LogP contribution in [0.25, 0.3) is 0 Å². The lowest BCUT2D eigenvalue weighted by molar-refractivity contribution is -0.321. The van der Waals surface area contributed by atoms with E-state index in [1.165, 1.54) is 11.6 Å². The predicted molar refractivity (Wildman–Crippen MR) is 221 cm³/mol. The Morgan fingerprint density at radius 3 is 1.50 bits per heavy atom. The monoisotopic (exact) mass is 780 g/mol. The Hall–Kier alpha value is -5.02. The van der Waals surface area contributed by atoms with Crippen molar-refractivity contribution >= 4 is 0 Å². The fourth-order valence-corrected chi connectivity index (χ4v) is 8.06. The Morgan fingerprint density at radius 2 is 0.966 bits per heavy atom. The largest absolute Gasteiger partial charge is 0.370 e. The van der Waals surface area contributed by atoms with Gasteiger partial charge in [-0.1, -0.05) is 177 Å². The average Bonchev–Trinajstić information content (AvgIpc) is 3.97. The van der Waals surface area contributed by atoms with Gasteiger partial charge in [-0.05, 0) is 51.8 Å². The van der Waals surface area contributed by atoms with Crippen molar-refractivity contribution in [2.75, 3.05) is 0 Å². The Balaban J connectivity index is 1.20. The van der Waals surface area contributed by atoms with E-state index in [0.29, 0.717) is 25.0 Å². The highest BCUT2D eigenvalue weighted by Crippen LogP contribution is 2.57. The molecule has 2 fully saturated rings. The van der Waals surface area contributed by atoms with Crippen molar-refractivity contribution in [1.82, 2.24) is 0 Å². The van der Waals surface area contributed by atoms with Crippen molar-refractivity contribution in [2.45, 2.75) is 94.7 Å². The molecular weight excluding hydrogens is 731 g/mol. The van der Waals surface area contributed by atoms with Gasteiger partial charge >= 0.3 is 5.92 Å². The van der Waals surface area contributed by atoms with Crippen molar-refractivity contribution in [3.63, 3.8) is 0 Å². The van der Waals surface area contributed by atoms with Gasteiger partial charge < -0.3 is 23.7 Å². The summed E-state index contributed by atoms with van der Waals surface area (Å²) in [6, 6.07) is 54.0. The van der Waals surface area contributed by atoms with Crippen LogP contribution in [0, 0.1) is 0 Å². The molecule has 1 aliphatic carbocycles. The number of rotatable bonds is 17. The van der Waals surface area contributed by atoms with Crippen LogP contribution in [0.2, 0.25) is 0 Å². The van der Waals surface area contributed by atoms with E-state index in [1.807, 2.05) is 140 Å². The van der Waals surface area contributed by atoms with Gasteiger partial charge in [0.1, 0.15) is 23.9 Å². The molecule has 8 rings (SSSR count). The molecule has 7 heteroatoms. The van der Waals surface area contributed by atoms with Crippen LogP contribution in [-0.2, 0) is 68.9 Å². The Bertz CT molecular complexity index is 2170. The Labute approximate surface area is 340 Å². The first kappa shape index (κ1) is 39.8. The average molecular weight is 781 g/mol. The highest BCUT2D eigenvalue weighted by molar-refractivity contribution is 5.38. The fourth-order valence-electron chi connectivity index (χ4n) is 8.06. The van der Waals surface area contributed by atoms with Crippen LogP contribution < -0.4 is 0 Å². The molecule has 2 aliphatic rings. The predicted octanol–water partition coefficient (Wildman–Crippen LogP) is 10.8. The van der Waals surface area contributed by atoms with Crippen molar-refractivity contribution in [1.29, 1.82) is 0 Å². The zero-order valence-corrected chi connectivity index (χ0v) is 32.8. The summed E-state index contributed by atoms with van der Waals surface area (Å²) in [5.41, 5.74) is 5.00. The van der Waals surface area contributed by atoms with E-state index in [-0.39, 0.29) is 25.4 Å². The van der Waals surface area contributed by atoms with Crippen molar-refractivity contribution < 1.29 is 32.5 Å². The quantitative estimate of drug-likeness (QED) is 0.0922. The maximum atomic E-state index is 18.0.